The van der Waals surface area contributed by atoms with Crippen molar-refractivity contribution in [2.75, 3.05) is 171 Å². The number of nitrogens with zero attached hydrogens (tertiary/aromatic N) is 8. The number of piperidine rings is 1. The number of rotatable bonds is 34. The molecule has 11 N–H and O–H groups in total. The normalized spacial score (nSPS) is 15.2. The first-order valence-electron chi connectivity index (χ1n) is 29.5. The van der Waals surface area contributed by atoms with Gasteiger partial charge in [-0.15, -0.1) is 16.7 Å². The average molecular weight is 1340 g/mol. The van der Waals surface area contributed by atoms with Crippen molar-refractivity contribution in [2.24, 2.45) is 5.92 Å². The summed E-state index contributed by atoms with van der Waals surface area (Å²) in [5.41, 5.74) is 11.7. The number of hydrogen-bond donors (Lipinski definition) is 10. The number of benzene rings is 2. The van der Waals surface area contributed by atoms with Crippen LogP contribution in [0.15, 0.2) is 36.4 Å². The van der Waals surface area contributed by atoms with Crippen LogP contribution in [-0.4, -0.2) is 294 Å². The quantitative estimate of drug-likeness (QED) is 0.0223. The van der Waals surface area contributed by atoms with Crippen LogP contribution >= 0.6 is 0 Å². The number of ether oxygens (including phenoxy) is 4. The fraction of sp³-hybridized carbons (Fsp3) is 0.638. The fourth-order valence-electron chi connectivity index (χ4n) is 9.73. The molecule has 0 saturated carbocycles. The van der Waals surface area contributed by atoms with Gasteiger partial charge in [-0.3, -0.25) is 52.9 Å². The molecule has 1 unspecified atom stereocenters. The molecule has 2 aliphatic heterocycles. The number of phenols is 2. The standard InChI is InChI=1S/C29H53N6O12.C28H36N6O5.CH4O.Y/c30-3-15-44-17-19-46-21-22-47-20-18-45-16-4-31-26(37)2-1-25(29(42)43)35-11-9-32(13-14-36)5-6-33(23-27(38)39)7-8-34(10-12-35)24-28(40)41;1-17(2)22-15-23(25(37)16-24(22)36)26-31-32-27(28(38)29-10-11-30-39)34(26)21-6-4-19(5-7-21)14-20-8-12-33(13-9-20)18(3)35;1-2;/h14,25,30H,1-13,15-24H2,(H,31,37)(H,38,39)(H,40,41)(H,42,43);4-7,15-17,20,30,36-37,39H,8-14H2,1-3H3,(H,29,38);2H,1H3;/q-1;;;. The van der Waals surface area contributed by atoms with Crippen molar-refractivity contribution in [1.82, 2.24) is 55.4 Å². The predicted molar refractivity (Wildman–Crippen MR) is 322 cm³/mol. The Labute approximate surface area is 545 Å². The van der Waals surface area contributed by atoms with Gasteiger partial charge in [0.25, 0.3) is 5.91 Å². The van der Waals surface area contributed by atoms with Gasteiger partial charge in [0, 0.05) is 157 Å². The van der Waals surface area contributed by atoms with Crippen molar-refractivity contribution in [2.45, 2.75) is 64.8 Å². The Morgan fingerprint density at radius 3 is 1.75 bits per heavy atom. The molecule has 2 aliphatic rings. The molecule has 31 heteroatoms. The number of hydrogen-bond acceptors (Lipinski definition) is 22. The van der Waals surface area contributed by atoms with Crippen LogP contribution in [-0.2, 0) is 86.8 Å². The van der Waals surface area contributed by atoms with Crippen molar-refractivity contribution in [3.8, 4) is 28.6 Å². The third-order valence-electron chi connectivity index (χ3n) is 14.4. The zero-order valence-electron chi connectivity index (χ0n) is 51.8. The van der Waals surface area contributed by atoms with E-state index in [1.165, 1.54) is 6.07 Å². The second-order valence-corrected chi connectivity index (χ2v) is 21.0. The first-order valence-corrected chi connectivity index (χ1v) is 29.5. The Balaban J connectivity index is 0.000000591. The molecular weight excluding hydrogens is 1240 g/mol. The number of likely N-dealkylation sites (tertiary alicyclic amines) is 1. The molecule has 0 bridgehead atoms. The number of carbonyl (C=O) groups is 7. The summed E-state index contributed by atoms with van der Waals surface area (Å²) in [5.74, 6) is -3.36. The maximum absolute atomic E-state index is 13.0. The van der Waals surface area contributed by atoms with E-state index in [-0.39, 0.29) is 172 Å². The summed E-state index contributed by atoms with van der Waals surface area (Å²) in [6, 6.07) is 9.70. The van der Waals surface area contributed by atoms with Crippen LogP contribution in [0.3, 0.4) is 0 Å². The van der Waals surface area contributed by atoms with Crippen LogP contribution in [0, 0.1) is 5.92 Å². The first kappa shape index (κ1) is 79.4. The van der Waals surface area contributed by atoms with E-state index in [9.17, 15) is 59.1 Å². The van der Waals surface area contributed by atoms with Crippen molar-refractivity contribution in [3.05, 3.63) is 59.1 Å². The van der Waals surface area contributed by atoms with Gasteiger partial charge < -0.3 is 80.9 Å². The van der Waals surface area contributed by atoms with E-state index in [0.29, 0.717) is 88.6 Å². The molecule has 30 nitrogen and oxygen atoms in total. The zero-order chi connectivity index (χ0) is 64.8. The molecule has 1 radical (unpaired) electrons. The van der Waals surface area contributed by atoms with Gasteiger partial charge in [0.2, 0.25) is 17.6 Å². The zero-order valence-corrected chi connectivity index (χ0v) is 54.6. The van der Waals surface area contributed by atoms with E-state index in [2.05, 4.69) is 20.8 Å². The van der Waals surface area contributed by atoms with E-state index in [4.69, 9.17) is 35.0 Å². The number of aromatic hydroxyl groups is 2. The van der Waals surface area contributed by atoms with E-state index < -0.39 is 29.9 Å². The second kappa shape index (κ2) is 45.5. The molecule has 0 aliphatic carbocycles. The van der Waals surface area contributed by atoms with Gasteiger partial charge in [0.05, 0.1) is 71.4 Å². The number of aliphatic carboxylic acids is 3. The molecule has 0 spiro atoms. The van der Waals surface area contributed by atoms with Crippen LogP contribution in [0.25, 0.3) is 22.8 Å². The first-order chi connectivity index (χ1) is 42.3. The summed E-state index contributed by atoms with van der Waals surface area (Å²) in [7, 11) is 1.00. The maximum Gasteiger partial charge on any atom is 0.320 e. The maximum atomic E-state index is 13.0. The summed E-state index contributed by atoms with van der Waals surface area (Å²) >= 11 is 0. The van der Waals surface area contributed by atoms with Crippen LogP contribution in [0.2, 0.25) is 0 Å². The van der Waals surface area contributed by atoms with E-state index in [1.807, 2.05) is 53.4 Å². The monoisotopic (exact) mass is 1330 g/mol. The van der Waals surface area contributed by atoms with Gasteiger partial charge in [0.15, 0.2) is 5.82 Å². The number of amides is 3. The molecule has 3 aromatic rings. The molecule has 497 valence electrons. The minimum atomic E-state index is -1.12. The van der Waals surface area contributed by atoms with Gasteiger partial charge in [-0.25, -0.2) is 5.48 Å². The number of carboxylic acid groups (broad SMARTS) is 3. The third-order valence-corrected chi connectivity index (χ3v) is 14.4. The second-order valence-electron chi connectivity index (χ2n) is 21.0. The van der Waals surface area contributed by atoms with Gasteiger partial charge in [-0.1, -0.05) is 26.0 Å². The Morgan fingerprint density at radius 2 is 1.24 bits per heavy atom. The van der Waals surface area contributed by atoms with E-state index >= 15 is 0 Å². The number of aldehydes is 1. The van der Waals surface area contributed by atoms with Crippen LogP contribution in [0.4, 0.5) is 0 Å². The molecule has 2 fully saturated rings. The molecule has 1 aromatic heterocycles. The molecular formula is C58H93N12O18Y-. The minimum Gasteiger partial charge on any atom is -0.676 e. The molecule has 89 heavy (non-hydrogen) atoms. The van der Waals surface area contributed by atoms with E-state index in [0.717, 1.165) is 51.3 Å². The predicted octanol–water partition coefficient (Wildman–Crippen LogP) is 0.629. The number of carboxylic acids is 3. The number of phenolic OH excluding ortho intramolecular Hbond substituents is 2. The summed E-state index contributed by atoms with van der Waals surface area (Å²) in [6.45, 7) is 12.6. The largest absolute Gasteiger partial charge is 0.676 e. The van der Waals surface area contributed by atoms with Gasteiger partial charge in [0.1, 0.15) is 23.8 Å². The number of aliphatic hydroxyl groups excluding tert-OH is 1. The topological polar surface area (TPSA) is 405 Å². The van der Waals surface area contributed by atoms with Crippen molar-refractivity contribution in [3.63, 3.8) is 0 Å². The third kappa shape index (κ3) is 30.3. The summed E-state index contributed by atoms with van der Waals surface area (Å²) in [5, 5.41) is 79.4. The van der Waals surface area contributed by atoms with Crippen LogP contribution in [0.5, 0.6) is 11.5 Å². The summed E-state index contributed by atoms with van der Waals surface area (Å²) in [6.07, 6.45) is 3.52. The number of hydroxylamine groups is 1. The molecule has 3 heterocycles. The molecule has 5 rings (SSSR count). The Bertz CT molecular complexity index is 2560. The van der Waals surface area contributed by atoms with E-state index in [1.54, 1.807) is 32.3 Å². The SMILES string of the molecule is CC(=O)N1CCC(Cc2ccc(-n3c(C(=O)NCCNO)nnc3-c3cc(C(C)C)c(O)cc3O)cc2)CC1.CO.[NH-]CCOCCOCCOCCOCCNC(=O)CCC(C(=O)O)N1CCN(CC=O)CCN(CC(=O)O)CCN(CC(=O)O)CC1.[Y]. The summed E-state index contributed by atoms with van der Waals surface area (Å²) in [4.78, 5) is 92.3. The smallest absolute Gasteiger partial charge is 0.320 e. The van der Waals surface area contributed by atoms with Crippen LogP contribution < -0.4 is 16.1 Å². The Morgan fingerprint density at radius 1 is 0.697 bits per heavy atom. The van der Waals surface area contributed by atoms with Gasteiger partial charge in [-0.05, 0) is 66.8 Å². The number of nitrogens with one attached hydrogen (secondary N) is 4. The van der Waals surface area contributed by atoms with Crippen molar-refractivity contribution >= 4 is 41.9 Å². The molecule has 3 amide bonds. The number of carbonyl (C=O) groups excluding carboxylic acids is 4. The van der Waals surface area contributed by atoms with Gasteiger partial charge in [-0.2, -0.15) is 0 Å². The average Bonchev–Trinajstić information content (AvgIpc) is 2.14. The van der Waals surface area contributed by atoms with Gasteiger partial charge >= 0.3 is 17.9 Å². The molecule has 2 aromatic carbocycles. The van der Waals surface area contributed by atoms with Crippen LogP contribution in [0.1, 0.15) is 74.1 Å². The summed E-state index contributed by atoms with van der Waals surface area (Å²) < 4.78 is 22.9. The number of aliphatic hydroxyl groups is 1. The van der Waals surface area contributed by atoms with Crippen molar-refractivity contribution < 1.29 is 121 Å². The Kier molecular flexibility index (Phi) is 40.6. The molecule has 1 atom stereocenters. The minimum absolute atomic E-state index is 0. The number of aromatic nitrogens is 3. The fourth-order valence-corrected chi connectivity index (χ4v) is 9.73. The van der Waals surface area contributed by atoms with Crippen molar-refractivity contribution in [1.29, 1.82) is 0 Å². The Hall–Kier alpha value is -5.71. The molecule has 2 saturated heterocycles.